The van der Waals surface area contributed by atoms with Gasteiger partial charge in [0.1, 0.15) is 23.0 Å². The van der Waals surface area contributed by atoms with E-state index in [9.17, 15) is 9.59 Å². The van der Waals surface area contributed by atoms with Gasteiger partial charge in [-0.2, -0.15) is 0 Å². The number of carbonyl (C=O) groups is 2. The van der Waals surface area contributed by atoms with Crippen molar-refractivity contribution in [2.24, 2.45) is 0 Å². The monoisotopic (exact) mass is 456 g/mol. The van der Waals surface area contributed by atoms with Gasteiger partial charge in [-0.15, -0.1) is 11.3 Å². The number of furan rings is 1. The zero-order chi connectivity index (χ0) is 22.5. The predicted molar refractivity (Wildman–Crippen MR) is 122 cm³/mol. The van der Waals surface area contributed by atoms with E-state index in [1.807, 2.05) is 17.4 Å². The van der Waals surface area contributed by atoms with Gasteiger partial charge in [0.05, 0.1) is 31.7 Å². The van der Waals surface area contributed by atoms with E-state index in [0.717, 1.165) is 35.5 Å². The van der Waals surface area contributed by atoms with Crippen LogP contribution in [0.5, 0.6) is 11.5 Å². The highest BCUT2D eigenvalue weighted by molar-refractivity contribution is 7.17. The number of aryl methyl sites for hydroxylation is 1. The number of anilines is 2. The van der Waals surface area contributed by atoms with Crippen LogP contribution in [0.2, 0.25) is 0 Å². The summed E-state index contributed by atoms with van der Waals surface area (Å²) in [5.41, 5.74) is 2.11. The molecular formula is C23H26N3O5S+. The molecule has 2 heterocycles. The second-order valence-electron chi connectivity index (χ2n) is 7.41. The first-order valence-electron chi connectivity index (χ1n) is 10.4. The van der Waals surface area contributed by atoms with Crippen molar-refractivity contribution in [3.8, 4) is 11.5 Å². The van der Waals surface area contributed by atoms with Gasteiger partial charge in [-0.25, -0.2) is 0 Å². The third kappa shape index (κ3) is 4.79. The molecule has 8 nitrogen and oxygen atoms in total. The fraction of sp³-hybridized carbons (Fsp3) is 0.304. The van der Waals surface area contributed by atoms with Crippen LogP contribution < -0.4 is 25.4 Å². The largest absolute Gasteiger partial charge is 0.497 e. The Bertz CT molecular complexity index is 1110. The first-order chi connectivity index (χ1) is 15.6. The van der Waals surface area contributed by atoms with E-state index in [2.05, 4.69) is 10.6 Å². The molecule has 4 rings (SSSR count). The average molecular weight is 457 g/mol. The second kappa shape index (κ2) is 9.88. The predicted octanol–water partition coefficient (Wildman–Crippen LogP) is 2.80. The van der Waals surface area contributed by atoms with Gasteiger partial charge in [-0.3, -0.25) is 9.59 Å². The Labute approximate surface area is 189 Å². The molecule has 0 saturated heterocycles. The molecule has 1 aliphatic carbocycles. The number of nitrogens with two attached hydrogens (primary N) is 1. The minimum absolute atomic E-state index is 0.160. The fourth-order valence-corrected chi connectivity index (χ4v) is 5.07. The molecule has 1 aromatic carbocycles. The van der Waals surface area contributed by atoms with Gasteiger partial charge < -0.3 is 29.8 Å². The highest BCUT2D eigenvalue weighted by atomic mass is 32.1. The Kier molecular flexibility index (Phi) is 6.77. The Balaban J connectivity index is 1.48. The van der Waals surface area contributed by atoms with E-state index in [4.69, 9.17) is 13.9 Å². The Hall–Kier alpha value is -3.30. The van der Waals surface area contributed by atoms with Crippen molar-refractivity contribution in [1.29, 1.82) is 0 Å². The lowest BCUT2D eigenvalue weighted by atomic mass is 10.1. The third-order valence-electron chi connectivity index (χ3n) is 5.31. The Morgan fingerprint density at radius 3 is 2.78 bits per heavy atom. The van der Waals surface area contributed by atoms with Gasteiger partial charge in [-0.05, 0) is 49.1 Å². The molecule has 9 heteroatoms. The molecule has 0 atom stereocenters. The van der Waals surface area contributed by atoms with E-state index in [0.29, 0.717) is 34.3 Å². The average Bonchev–Trinajstić information content (AvgIpc) is 3.52. The third-order valence-corrected chi connectivity index (χ3v) is 6.52. The lowest BCUT2D eigenvalue weighted by Crippen LogP contribution is -2.84. The number of hydrogen-bond acceptors (Lipinski definition) is 6. The molecule has 1 aliphatic rings. The summed E-state index contributed by atoms with van der Waals surface area (Å²) < 4.78 is 15.9. The van der Waals surface area contributed by atoms with Gasteiger partial charge in [0, 0.05) is 10.9 Å². The number of carbonyl (C=O) groups excluding carboxylic acids is 2. The van der Waals surface area contributed by atoms with Crippen molar-refractivity contribution in [2.45, 2.75) is 25.8 Å². The highest BCUT2D eigenvalue weighted by Crippen LogP contribution is 2.40. The molecule has 0 fully saturated rings. The molecule has 32 heavy (non-hydrogen) atoms. The maximum absolute atomic E-state index is 13.3. The zero-order valence-electron chi connectivity index (χ0n) is 18.0. The van der Waals surface area contributed by atoms with Crippen LogP contribution in [0, 0.1) is 0 Å². The molecule has 168 valence electrons. The fourth-order valence-electron chi connectivity index (χ4n) is 3.77. The van der Waals surface area contributed by atoms with Crippen molar-refractivity contribution >= 4 is 33.8 Å². The number of rotatable bonds is 9. The maximum Gasteiger partial charge on any atom is 0.280 e. The molecule has 2 aromatic heterocycles. The van der Waals surface area contributed by atoms with Crippen LogP contribution in [-0.2, 0) is 24.2 Å². The number of amides is 2. The summed E-state index contributed by atoms with van der Waals surface area (Å²) in [6.45, 7) is 0.808. The molecule has 3 aromatic rings. The Morgan fingerprint density at radius 2 is 2.03 bits per heavy atom. The quantitative estimate of drug-likeness (QED) is 0.459. The molecule has 4 N–H and O–H groups in total. The maximum atomic E-state index is 13.3. The first kappa shape index (κ1) is 21.9. The lowest BCUT2D eigenvalue weighted by molar-refractivity contribution is -0.661. The van der Waals surface area contributed by atoms with Crippen LogP contribution >= 0.6 is 11.3 Å². The number of benzene rings is 1. The smallest absolute Gasteiger partial charge is 0.280 e. The molecule has 0 saturated carbocycles. The summed E-state index contributed by atoms with van der Waals surface area (Å²) in [5.74, 6) is 1.52. The normalized spacial score (nSPS) is 12.3. The van der Waals surface area contributed by atoms with Crippen LogP contribution in [0.4, 0.5) is 10.7 Å². The van der Waals surface area contributed by atoms with Gasteiger partial charge in [0.2, 0.25) is 0 Å². The summed E-state index contributed by atoms with van der Waals surface area (Å²) in [4.78, 5) is 27.0. The number of hydrogen-bond donors (Lipinski definition) is 3. The molecule has 0 aliphatic heterocycles. The molecule has 0 radical (unpaired) electrons. The van der Waals surface area contributed by atoms with Crippen LogP contribution in [0.25, 0.3) is 0 Å². The van der Waals surface area contributed by atoms with Crippen molar-refractivity contribution in [3.63, 3.8) is 0 Å². The van der Waals surface area contributed by atoms with Crippen molar-refractivity contribution in [3.05, 3.63) is 58.4 Å². The SMILES string of the molecule is COc1ccc(NC(=O)c2c(NC(=O)C[NH2+]Cc3ccco3)sc3c2CCC3)c(OC)c1. The summed E-state index contributed by atoms with van der Waals surface area (Å²) in [6, 6.07) is 8.90. The van der Waals surface area contributed by atoms with Crippen LogP contribution in [0.15, 0.2) is 41.0 Å². The number of thiophene rings is 1. The number of methoxy groups -OCH3 is 2. The summed E-state index contributed by atoms with van der Waals surface area (Å²) >= 11 is 1.49. The number of nitrogens with one attached hydrogen (secondary N) is 2. The van der Waals surface area contributed by atoms with Crippen molar-refractivity contribution < 1.29 is 28.8 Å². The first-order valence-corrected chi connectivity index (χ1v) is 11.2. The molecule has 0 spiro atoms. The van der Waals surface area contributed by atoms with Gasteiger partial charge in [0.15, 0.2) is 12.3 Å². The van der Waals surface area contributed by atoms with Crippen molar-refractivity contribution in [1.82, 2.24) is 0 Å². The standard InChI is InChI=1S/C23H25N3O5S/c1-29-14-8-9-17(18(11-14)30-2)25-22(28)21-16-6-3-7-19(16)32-23(21)26-20(27)13-24-12-15-5-4-10-31-15/h4-5,8-11,24H,3,6-7,12-13H2,1-2H3,(H,25,28)(H,26,27)/p+1. The Morgan fingerprint density at radius 1 is 1.16 bits per heavy atom. The van der Waals surface area contributed by atoms with E-state index >= 15 is 0 Å². The molecular weight excluding hydrogens is 430 g/mol. The highest BCUT2D eigenvalue weighted by Gasteiger charge is 2.28. The number of fused-ring (bicyclic) bond motifs is 1. The summed E-state index contributed by atoms with van der Waals surface area (Å²) in [7, 11) is 3.11. The van der Waals surface area contributed by atoms with E-state index < -0.39 is 0 Å². The topological polar surface area (TPSA) is 106 Å². The number of ether oxygens (including phenoxy) is 2. The molecule has 0 unspecified atom stereocenters. The van der Waals surface area contributed by atoms with Gasteiger partial charge in [-0.1, -0.05) is 0 Å². The van der Waals surface area contributed by atoms with Gasteiger partial charge in [0.25, 0.3) is 11.8 Å². The van der Waals surface area contributed by atoms with Crippen LogP contribution in [0.1, 0.15) is 33.0 Å². The number of quaternary nitrogens is 1. The van der Waals surface area contributed by atoms with Crippen LogP contribution in [-0.4, -0.2) is 32.6 Å². The minimum Gasteiger partial charge on any atom is -0.497 e. The summed E-state index contributed by atoms with van der Waals surface area (Å²) in [6.07, 6.45) is 4.37. The molecule has 2 amide bonds. The van der Waals surface area contributed by atoms with Crippen molar-refractivity contribution in [2.75, 3.05) is 31.4 Å². The zero-order valence-corrected chi connectivity index (χ0v) is 18.8. The van der Waals surface area contributed by atoms with E-state index in [1.165, 1.54) is 18.4 Å². The van der Waals surface area contributed by atoms with Gasteiger partial charge >= 0.3 is 0 Å². The summed E-state index contributed by atoms with van der Waals surface area (Å²) in [5, 5.41) is 8.33. The van der Waals surface area contributed by atoms with Crippen LogP contribution in [0.3, 0.4) is 0 Å². The molecule has 0 bridgehead atoms. The second-order valence-corrected chi connectivity index (χ2v) is 8.51. The lowest BCUT2D eigenvalue weighted by Gasteiger charge is -2.13. The van der Waals surface area contributed by atoms with E-state index in [-0.39, 0.29) is 18.4 Å². The van der Waals surface area contributed by atoms with E-state index in [1.54, 1.807) is 31.6 Å². The minimum atomic E-state index is -0.261.